The number of anilines is 1. The van der Waals surface area contributed by atoms with Crippen molar-refractivity contribution in [1.82, 2.24) is 10.2 Å². The second-order valence-electron chi connectivity index (χ2n) is 5.62. The molecule has 1 heterocycles. The quantitative estimate of drug-likeness (QED) is 0.782. The summed E-state index contributed by atoms with van der Waals surface area (Å²) in [4.78, 5) is 0. The predicted molar refractivity (Wildman–Crippen MR) is 81.8 cm³/mol. The zero-order chi connectivity index (χ0) is 17.5. The van der Waals surface area contributed by atoms with Crippen LogP contribution in [0.25, 0.3) is 11.3 Å². The van der Waals surface area contributed by atoms with Crippen LogP contribution in [0.3, 0.4) is 0 Å². The van der Waals surface area contributed by atoms with Gasteiger partial charge in [-0.2, -0.15) is 13.2 Å². The summed E-state index contributed by atoms with van der Waals surface area (Å²) in [5.41, 5.74) is -0.892. The van der Waals surface area contributed by atoms with E-state index in [-0.39, 0.29) is 28.4 Å². The Morgan fingerprint density at radius 2 is 1.88 bits per heavy atom. The summed E-state index contributed by atoms with van der Waals surface area (Å²) in [6.07, 6.45) is -3.67. The molecule has 0 bridgehead atoms. The molecule has 0 saturated heterocycles. The van der Waals surface area contributed by atoms with Gasteiger partial charge >= 0.3 is 6.18 Å². The Kier molecular flexibility index (Phi) is 4.27. The van der Waals surface area contributed by atoms with Gasteiger partial charge in [0.25, 0.3) is 0 Å². The highest BCUT2D eigenvalue weighted by molar-refractivity contribution is 6.33. The van der Waals surface area contributed by atoms with Crippen LogP contribution in [0.5, 0.6) is 5.75 Å². The topological polar surface area (TPSA) is 78.3 Å². The predicted octanol–water partition coefficient (Wildman–Crippen LogP) is 3.46. The van der Waals surface area contributed by atoms with E-state index in [0.29, 0.717) is 24.7 Å². The van der Waals surface area contributed by atoms with Crippen molar-refractivity contribution in [1.29, 1.82) is 0 Å². The highest BCUT2D eigenvalue weighted by Gasteiger charge is 2.32. The molecule has 1 aliphatic rings. The number of aromatic nitrogens is 2. The van der Waals surface area contributed by atoms with Crippen LogP contribution in [0.2, 0.25) is 5.02 Å². The minimum Gasteiger partial charge on any atom is -0.507 e. The maximum Gasteiger partial charge on any atom is 0.416 e. The molecular weight excluding hydrogens is 347 g/mol. The van der Waals surface area contributed by atoms with Gasteiger partial charge in [0.2, 0.25) is 0 Å². The van der Waals surface area contributed by atoms with Gasteiger partial charge in [-0.15, -0.1) is 10.2 Å². The summed E-state index contributed by atoms with van der Waals surface area (Å²) >= 11 is 5.88. The summed E-state index contributed by atoms with van der Waals surface area (Å²) in [7, 11) is 0. The number of aliphatic hydroxyl groups is 1. The van der Waals surface area contributed by atoms with Crippen LogP contribution >= 0.6 is 11.6 Å². The fourth-order valence-electron chi connectivity index (χ4n) is 2.47. The van der Waals surface area contributed by atoms with E-state index in [1.54, 1.807) is 6.07 Å². The van der Waals surface area contributed by atoms with E-state index < -0.39 is 17.5 Å². The van der Waals surface area contributed by atoms with E-state index in [1.165, 1.54) is 6.07 Å². The van der Waals surface area contributed by atoms with Crippen molar-refractivity contribution in [2.45, 2.75) is 31.2 Å². The molecular formula is C15H13ClF3N3O2. The number of hydrogen-bond acceptors (Lipinski definition) is 5. The van der Waals surface area contributed by atoms with E-state index in [0.717, 1.165) is 6.07 Å². The Morgan fingerprint density at radius 3 is 2.38 bits per heavy atom. The molecule has 24 heavy (non-hydrogen) atoms. The molecule has 0 spiro atoms. The molecule has 0 unspecified atom stereocenters. The lowest BCUT2D eigenvalue weighted by molar-refractivity contribution is -0.137. The molecule has 1 fully saturated rings. The van der Waals surface area contributed by atoms with Crippen LogP contribution in [-0.4, -0.2) is 32.6 Å². The smallest absolute Gasteiger partial charge is 0.416 e. The maximum absolute atomic E-state index is 12.7. The van der Waals surface area contributed by atoms with Crippen molar-refractivity contribution < 1.29 is 23.4 Å². The minimum atomic E-state index is -4.60. The van der Waals surface area contributed by atoms with Crippen molar-refractivity contribution in [3.05, 3.63) is 34.9 Å². The van der Waals surface area contributed by atoms with Crippen LogP contribution in [0, 0.1) is 0 Å². The van der Waals surface area contributed by atoms with Gasteiger partial charge in [0.15, 0.2) is 0 Å². The third-order valence-electron chi connectivity index (χ3n) is 3.78. The van der Waals surface area contributed by atoms with E-state index in [2.05, 4.69) is 15.5 Å². The third kappa shape index (κ3) is 3.39. The molecule has 1 aromatic carbocycles. The minimum absolute atomic E-state index is 0.0113. The summed E-state index contributed by atoms with van der Waals surface area (Å²) < 4.78 is 38.1. The number of hydrogen-bond donors (Lipinski definition) is 3. The standard InChI is InChI=1S/C15H13ClF3N3O2/c16-10-3-7(15(17,18)19)4-12(24)14(10)11-1-2-13(22-21-11)20-8-5-9(23)6-8/h1-4,8-9,23-24H,5-6H2,(H,20,22)/t8-,9-. The number of halogens is 4. The Hall–Kier alpha value is -2.06. The van der Waals surface area contributed by atoms with Crippen LogP contribution in [0.4, 0.5) is 19.0 Å². The summed E-state index contributed by atoms with van der Waals surface area (Å²) in [5.74, 6) is -0.148. The average Bonchev–Trinajstić information content (AvgIpc) is 2.45. The van der Waals surface area contributed by atoms with Crippen LogP contribution < -0.4 is 5.32 Å². The molecule has 0 aliphatic heterocycles. The molecule has 0 atom stereocenters. The number of aromatic hydroxyl groups is 1. The van der Waals surface area contributed by atoms with Crippen LogP contribution in [0.15, 0.2) is 24.3 Å². The first kappa shape index (κ1) is 16.8. The van der Waals surface area contributed by atoms with Crippen LogP contribution in [-0.2, 0) is 6.18 Å². The van der Waals surface area contributed by atoms with Gasteiger partial charge < -0.3 is 15.5 Å². The molecule has 0 amide bonds. The van der Waals surface area contributed by atoms with E-state index in [1.807, 2.05) is 0 Å². The van der Waals surface area contributed by atoms with Crippen LogP contribution in [0.1, 0.15) is 18.4 Å². The molecule has 3 N–H and O–H groups in total. The van der Waals surface area contributed by atoms with E-state index >= 15 is 0 Å². The fourth-order valence-corrected chi connectivity index (χ4v) is 2.78. The number of aliphatic hydroxyl groups excluding tert-OH is 1. The molecule has 3 rings (SSSR count). The molecule has 1 aromatic heterocycles. The molecule has 5 nitrogen and oxygen atoms in total. The Bertz CT molecular complexity index is 724. The van der Waals surface area contributed by atoms with Gasteiger partial charge in [-0.1, -0.05) is 11.6 Å². The van der Waals surface area contributed by atoms with E-state index in [9.17, 15) is 23.4 Å². The Morgan fingerprint density at radius 1 is 1.17 bits per heavy atom. The summed E-state index contributed by atoms with van der Waals surface area (Å²) in [5, 5.41) is 29.7. The van der Waals surface area contributed by atoms with Gasteiger partial charge in [0.05, 0.1) is 27.9 Å². The number of benzene rings is 1. The van der Waals surface area contributed by atoms with Gasteiger partial charge in [-0.25, -0.2) is 0 Å². The number of alkyl halides is 3. The van der Waals surface area contributed by atoms with Gasteiger partial charge in [0.1, 0.15) is 11.6 Å². The molecule has 0 radical (unpaired) electrons. The number of rotatable bonds is 3. The Labute approximate surface area is 140 Å². The van der Waals surface area contributed by atoms with Crippen molar-refractivity contribution in [3.63, 3.8) is 0 Å². The van der Waals surface area contributed by atoms with Gasteiger partial charge in [-0.3, -0.25) is 0 Å². The van der Waals surface area contributed by atoms with Crippen molar-refractivity contribution in [2.24, 2.45) is 0 Å². The lowest BCUT2D eigenvalue weighted by Crippen LogP contribution is -2.39. The molecule has 1 aliphatic carbocycles. The van der Waals surface area contributed by atoms with Gasteiger partial charge in [-0.05, 0) is 37.1 Å². The second kappa shape index (κ2) is 6.10. The highest BCUT2D eigenvalue weighted by Crippen LogP contribution is 2.40. The summed E-state index contributed by atoms with van der Waals surface area (Å²) in [6.45, 7) is 0. The number of nitrogens with one attached hydrogen (secondary N) is 1. The lowest BCUT2D eigenvalue weighted by Gasteiger charge is -2.32. The lowest BCUT2D eigenvalue weighted by atomic mass is 9.89. The first-order valence-corrected chi connectivity index (χ1v) is 7.50. The first-order valence-electron chi connectivity index (χ1n) is 7.12. The molecule has 2 aromatic rings. The maximum atomic E-state index is 12.7. The third-order valence-corrected chi connectivity index (χ3v) is 4.08. The summed E-state index contributed by atoms with van der Waals surface area (Å²) in [6, 6.07) is 4.53. The SMILES string of the molecule is Oc1cc(C(F)(F)F)cc(Cl)c1-c1ccc(N[C@H]2C[C@H](O)C2)nn1. The fraction of sp³-hybridized carbons (Fsp3) is 0.333. The van der Waals surface area contributed by atoms with E-state index in [4.69, 9.17) is 11.6 Å². The number of phenols is 1. The normalized spacial score (nSPS) is 20.5. The molecule has 9 heteroatoms. The molecule has 128 valence electrons. The monoisotopic (exact) mass is 359 g/mol. The van der Waals surface area contributed by atoms with Crippen molar-refractivity contribution in [2.75, 3.05) is 5.32 Å². The second-order valence-corrected chi connectivity index (χ2v) is 6.03. The van der Waals surface area contributed by atoms with Crippen molar-refractivity contribution >= 4 is 17.4 Å². The zero-order valence-electron chi connectivity index (χ0n) is 12.2. The van der Waals surface area contributed by atoms with Gasteiger partial charge in [0, 0.05) is 6.04 Å². The Balaban J connectivity index is 1.84. The first-order chi connectivity index (χ1) is 11.2. The average molecular weight is 360 g/mol. The molecule has 1 saturated carbocycles. The number of nitrogens with zero attached hydrogens (tertiary/aromatic N) is 2. The zero-order valence-corrected chi connectivity index (χ0v) is 12.9. The number of phenolic OH excluding ortho intramolecular Hbond substituents is 1. The van der Waals surface area contributed by atoms with Crippen molar-refractivity contribution in [3.8, 4) is 17.0 Å². The highest BCUT2D eigenvalue weighted by atomic mass is 35.5. The largest absolute Gasteiger partial charge is 0.507 e.